The number of hydrogen-bond acceptors (Lipinski definition) is 6. The number of carbonyl (C=O) groups is 1. The number of H-pyrrole nitrogens is 1. The van der Waals surface area contributed by atoms with Crippen LogP contribution in [0.3, 0.4) is 0 Å². The Hall–Kier alpha value is -2.97. The van der Waals surface area contributed by atoms with E-state index in [4.69, 9.17) is 5.73 Å². The highest BCUT2D eigenvalue weighted by Gasteiger charge is 2.17. The number of aromatic amines is 1. The van der Waals surface area contributed by atoms with Crippen LogP contribution in [0.25, 0.3) is 0 Å². The van der Waals surface area contributed by atoms with Gasteiger partial charge in [0.15, 0.2) is 0 Å². The second-order valence-electron chi connectivity index (χ2n) is 4.13. The van der Waals surface area contributed by atoms with E-state index in [1.165, 1.54) is 17.0 Å². The second-order valence-corrected chi connectivity index (χ2v) is 4.13. The molecule has 20 heavy (non-hydrogen) atoms. The summed E-state index contributed by atoms with van der Waals surface area (Å²) in [4.78, 5) is 27.3. The van der Waals surface area contributed by atoms with Crippen LogP contribution in [0.1, 0.15) is 16.2 Å². The minimum Gasteiger partial charge on any atom is -0.366 e. The summed E-state index contributed by atoms with van der Waals surface area (Å²) in [5, 5.41) is 16.7. The molecule has 0 fully saturated rings. The molecule has 1 amide bonds. The fourth-order valence-corrected chi connectivity index (χ4v) is 1.67. The zero-order valence-corrected chi connectivity index (χ0v) is 10.6. The maximum Gasteiger partial charge on any atom is 0.291 e. The van der Waals surface area contributed by atoms with Crippen LogP contribution in [-0.2, 0) is 6.54 Å². The maximum atomic E-state index is 12.0. The lowest BCUT2D eigenvalue weighted by atomic mass is 10.2. The molecule has 9 heteroatoms. The molecule has 1 heterocycles. The van der Waals surface area contributed by atoms with Crippen molar-refractivity contribution in [2.45, 2.75) is 6.54 Å². The molecule has 0 aliphatic heterocycles. The van der Waals surface area contributed by atoms with Gasteiger partial charge in [-0.2, -0.15) is 4.98 Å². The quantitative estimate of drug-likeness (QED) is 0.619. The minimum atomic E-state index is -0.484. The van der Waals surface area contributed by atoms with Gasteiger partial charge in [-0.3, -0.25) is 20.0 Å². The van der Waals surface area contributed by atoms with Gasteiger partial charge in [-0.25, -0.2) is 0 Å². The van der Waals surface area contributed by atoms with Gasteiger partial charge in [-0.1, -0.05) is 12.1 Å². The molecule has 0 atom stereocenters. The smallest absolute Gasteiger partial charge is 0.291 e. The van der Waals surface area contributed by atoms with E-state index in [0.29, 0.717) is 5.56 Å². The Kier molecular flexibility index (Phi) is 3.60. The zero-order chi connectivity index (χ0) is 14.7. The molecule has 0 aliphatic rings. The number of aromatic nitrogens is 3. The fraction of sp³-hybridized carbons (Fsp3) is 0.182. The molecule has 104 valence electrons. The number of nitro benzene ring substituents is 1. The number of anilines is 1. The van der Waals surface area contributed by atoms with Crippen molar-refractivity contribution in [1.29, 1.82) is 0 Å². The van der Waals surface area contributed by atoms with Gasteiger partial charge in [0.1, 0.15) is 0 Å². The van der Waals surface area contributed by atoms with Crippen molar-refractivity contribution in [3.63, 3.8) is 0 Å². The number of nitro groups is 1. The van der Waals surface area contributed by atoms with Crippen LogP contribution in [-0.4, -0.2) is 38.0 Å². The lowest BCUT2D eigenvalue weighted by Crippen LogP contribution is -2.27. The summed E-state index contributed by atoms with van der Waals surface area (Å²) in [6.07, 6.45) is 0. The van der Waals surface area contributed by atoms with E-state index in [9.17, 15) is 14.9 Å². The second kappa shape index (κ2) is 5.34. The Bertz CT molecular complexity index is 653. The molecule has 1 aromatic heterocycles. The molecule has 9 nitrogen and oxygen atoms in total. The van der Waals surface area contributed by atoms with E-state index in [-0.39, 0.29) is 24.0 Å². The Morgan fingerprint density at radius 2 is 2.30 bits per heavy atom. The van der Waals surface area contributed by atoms with Gasteiger partial charge in [-0.05, 0) is 5.56 Å². The number of hydrogen-bond donors (Lipinski definition) is 2. The molecule has 0 aliphatic carbocycles. The van der Waals surface area contributed by atoms with Gasteiger partial charge in [0.05, 0.1) is 4.92 Å². The topological polar surface area (TPSA) is 131 Å². The zero-order valence-electron chi connectivity index (χ0n) is 10.6. The molecular formula is C11H12N6O3. The first kappa shape index (κ1) is 13.5. The van der Waals surface area contributed by atoms with Gasteiger partial charge in [0, 0.05) is 25.7 Å². The van der Waals surface area contributed by atoms with Crippen LogP contribution in [0.2, 0.25) is 0 Å². The molecular weight excluding hydrogens is 264 g/mol. The highest BCUT2D eigenvalue weighted by molar-refractivity contribution is 5.90. The Balaban J connectivity index is 2.11. The van der Waals surface area contributed by atoms with Crippen molar-refractivity contribution < 1.29 is 9.72 Å². The standard InChI is InChI=1S/C11H12N6O3/c1-16(10(18)9-13-11(12)15-14-9)6-7-3-2-4-8(5-7)17(19)20/h2-5H,6H2,1H3,(H3,12,13,14,15). The van der Waals surface area contributed by atoms with Crippen molar-refractivity contribution in [1.82, 2.24) is 20.1 Å². The third kappa shape index (κ3) is 2.88. The minimum absolute atomic E-state index is 0.0166. The predicted octanol–water partition coefficient (Wildman–Crippen LogP) is 0.567. The Morgan fingerprint density at radius 1 is 1.55 bits per heavy atom. The molecule has 2 rings (SSSR count). The van der Waals surface area contributed by atoms with Crippen molar-refractivity contribution >= 4 is 17.5 Å². The first-order valence-electron chi connectivity index (χ1n) is 5.64. The Morgan fingerprint density at radius 3 is 2.90 bits per heavy atom. The summed E-state index contributed by atoms with van der Waals surface area (Å²) < 4.78 is 0. The average Bonchev–Trinajstić information content (AvgIpc) is 2.84. The van der Waals surface area contributed by atoms with E-state index >= 15 is 0 Å². The number of nitrogens with one attached hydrogen (secondary N) is 1. The van der Waals surface area contributed by atoms with E-state index in [1.807, 2.05) is 0 Å². The molecule has 0 radical (unpaired) electrons. The molecule has 1 aromatic carbocycles. The summed E-state index contributed by atoms with van der Waals surface area (Å²) in [5.74, 6) is -0.395. The van der Waals surface area contributed by atoms with Crippen molar-refractivity contribution in [2.24, 2.45) is 0 Å². The van der Waals surface area contributed by atoms with Gasteiger partial charge >= 0.3 is 0 Å². The van der Waals surface area contributed by atoms with E-state index < -0.39 is 10.8 Å². The number of nitrogen functional groups attached to an aromatic ring is 1. The van der Waals surface area contributed by atoms with Gasteiger partial charge in [0.2, 0.25) is 11.8 Å². The number of non-ortho nitro benzene ring substituents is 1. The molecule has 0 unspecified atom stereocenters. The summed E-state index contributed by atoms with van der Waals surface area (Å²) in [6.45, 7) is 0.209. The number of amides is 1. The summed E-state index contributed by atoms with van der Waals surface area (Å²) >= 11 is 0. The fourth-order valence-electron chi connectivity index (χ4n) is 1.67. The van der Waals surface area contributed by atoms with E-state index in [2.05, 4.69) is 15.2 Å². The van der Waals surface area contributed by atoms with E-state index in [1.54, 1.807) is 19.2 Å². The van der Waals surface area contributed by atoms with Gasteiger partial charge < -0.3 is 10.6 Å². The number of carbonyl (C=O) groups excluding carboxylic acids is 1. The van der Waals surface area contributed by atoms with Crippen LogP contribution >= 0.6 is 0 Å². The highest BCUT2D eigenvalue weighted by Crippen LogP contribution is 2.14. The first-order chi connectivity index (χ1) is 9.47. The summed E-state index contributed by atoms with van der Waals surface area (Å²) in [6, 6.07) is 6.07. The maximum absolute atomic E-state index is 12.0. The molecule has 0 saturated carbocycles. The molecule has 2 aromatic rings. The summed E-state index contributed by atoms with van der Waals surface area (Å²) in [5.41, 5.74) is 5.94. The molecule has 3 N–H and O–H groups in total. The van der Waals surface area contributed by atoms with Crippen LogP contribution < -0.4 is 5.73 Å². The van der Waals surface area contributed by atoms with Crippen LogP contribution in [0, 0.1) is 10.1 Å². The van der Waals surface area contributed by atoms with Crippen LogP contribution in [0.4, 0.5) is 11.6 Å². The number of benzene rings is 1. The first-order valence-corrected chi connectivity index (χ1v) is 5.64. The normalized spacial score (nSPS) is 10.2. The molecule has 0 spiro atoms. The third-order valence-electron chi connectivity index (χ3n) is 2.59. The SMILES string of the molecule is CN(Cc1cccc([N+](=O)[O-])c1)C(=O)c1nc(N)n[nH]1. The van der Waals surface area contributed by atoms with Crippen LogP contribution in [0.15, 0.2) is 24.3 Å². The highest BCUT2D eigenvalue weighted by atomic mass is 16.6. The third-order valence-corrected chi connectivity index (χ3v) is 2.59. The largest absolute Gasteiger partial charge is 0.366 e. The number of nitrogens with two attached hydrogens (primary N) is 1. The Labute approximate surface area is 113 Å². The van der Waals surface area contributed by atoms with Crippen LogP contribution in [0.5, 0.6) is 0 Å². The number of nitrogens with zero attached hydrogens (tertiary/aromatic N) is 4. The summed E-state index contributed by atoms with van der Waals surface area (Å²) in [7, 11) is 1.56. The average molecular weight is 276 g/mol. The molecule has 0 bridgehead atoms. The van der Waals surface area contributed by atoms with E-state index in [0.717, 1.165) is 0 Å². The monoisotopic (exact) mass is 276 g/mol. The number of rotatable bonds is 4. The van der Waals surface area contributed by atoms with Gasteiger partial charge in [0.25, 0.3) is 11.6 Å². The van der Waals surface area contributed by atoms with Crippen molar-refractivity contribution in [3.8, 4) is 0 Å². The lowest BCUT2D eigenvalue weighted by Gasteiger charge is -2.15. The predicted molar refractivity (Wildman–Crippen MR) is 69.7 cm³/mol. The molecule has 0 saturated heterocycles. The lowest BCUT2D eigenvalue weighted by molar-refractivity contribution is -0.384. The van der Waals surface area contributed by atoms with Crippen molar-refractivity contribution in [2.75, 3.05) is 12.8 Å². The van der Waals surface area contributed by atoms with Gasteiger partial charge in [-0.15, -0.1) is 5.10 Å². The van der Waals surface area contributed by atoms with Crippen molar-refractivity contribution in [3.05, 3.63) is 45.8 Å².